The number of methoxy groups -OCH3 is 1. The highest BCUT2D eigenvalue weighted by molar-refractivity contribution is 6.09. The normalized spacial score (nSPS) is 12.1. The summed E-state index contributed by atoms with van der Waals surface area (Å²) in [7, 11) is 1.67. The number of fused-ring (bicyclic) bond motifs is 3. The maximum Gasteiger partial charge on any atom is 0.141 e. The highest BCUT2D eigenvalue weighted by Gasteiger charge is 2.16. The molecule has 0 fully saturated rings. The van der Waals surface area contributed by atoms with Gasteiger partial charge in [-0.25, -0.2) is 9.67 Å². The van der Waals surface area contributed by atoms with Crippen molar-refractivity contribution in [2.45, 2.75) is 46.5 Å². The number of pyridine rings is 1. The third-order valence-electron chi connectivity index (χ3n) is 8.86. The fourth-order valence-corrected chi connectivity index (χ4v) is 6.66. The van der Waals surface area contributed by atoms with Crippen LogP contribution in [0, 0.1) is 13.8 Å². The Morgan fingerprint density at radius 3 is 2.37 bits per heavy atom. The Morgan fingerprint density at radius 1 is 0.783 bits per heavy atom. The molecule has 0 aliphatic heterocycles. The van der Waals surface area contributed by atoms with E-state index < -0.39 is 0 Å². The van der Waals surface area contributed by atoms with Gasteiger partial charge in [0.2, 0.25) is 0 Å². The Hall–Kier alpha value is -5.36. The highest BCUT2D eigenvalue weighted by atomic mass is 16.5. The molecule has 4 aromatic carbocycles. The average Bonchev–Trinajstić information content (AvgIpc) is 3.68. The van der Waals surface area contributed by atoms with Gasteiger partial charge < -0.3 is 9.47 Å². The first kappa shape index (κ1) is 29.4. The van der Waals surface area contributed by atoms with Crippen LogP contribution in [-0.4, -0.2) is 26.4 Å². The van der Waals surface area contributed by atoms with E-state index in [9.17, 15) is 0 Å². The van der Waals surface area contributed by atoms with Crippen molar-refractivity contribution in [2.75, 3.05) is 7.11 Å². The zero-order valence-electron chi connectivity index (χ0n) is 27.0. The van der Waals surface area contributed by atoms with E-state index in [0.717, 1.165) is 56.1 Å². The molecule has 0 saturated carbocycles. The maximum absolute atomic E-state index is 6.47. The predicted octanol–water partition coefficient (Wildman–Crippen LogP) is 10.4. The molecule has 0 spiro atoms. The Bertz CT molecular complexity index is 2170. The van der Waals surface area contributed by atoms with Gasteiger partial charge in [-0.15, -0.1) is 0 Å². The summed E-state index contributed by atoms with van der Waals surface area (Å²) in [5, 5.41) is 7.03. The van der Waals surface area contributed by atoms with Crippen LogP contribution in [0.1, 0.15) is 49.3 Å². The van der Waals surface area contributed by atoms with E-state index in [-0.39, 0.29) is 0 Å². The Kier molecular flexibility index (Phi) is 7.79. The molecule has 7 rings (SSSR count). The number of ether oxygens (including phenoxy) is 2. The molecule has 0 amide bonds. The second-order valence-electron chi connectivity index (χ2n) is 12.1. The lowest BCUT2D eigenvalue weighted by molar-refractivity contribution is 0.414. The molecule has 1 unspecified atom stereocenters. The van der Waals surface area contributed by atoms with Crippen LogP contribution in [0.3, 0.4) is 0 Å². The minimum Gasteiger partial charge on any atom is -0.497 e. The van der Waals surface area contributed by atoms with Crippen LogP contribution in [0.25, 0.3) is 44.4 Å². The number of benzene rings is 4. The predicted molar refractivity (Wildman–Crippen MR) is 187 cm³/mol. The first-order valence-electron chi connectivity index (χ1n) is 15.9. The molecule has 0 aliphatic rings. The van der Waals surface area contributed by atoms with Crippen LogP contribution in [0.15, 0.2) is 110 Å². The quantitative estimate of drug-likeness (QED) is 0.164. The van der Waals surface area contributed by atoms with Crippen molar-refractivity contribution in [3.63, 3.8) is 0 Å². The Morgan fingerprint density at radius 2 is 1.57 bits per heavy atom. The van der Waals surface area contributed by atoms with Gasteiger partial charge in [0, 0.05) is 46.9 Å². The van der Waals surface area contributed by atoms with Crippen LogP contribution in [-0.2, 0) is 0 Å². The van der Waals surface area contributed by atoms with E-state index in [1.807, 2.05) is 53.3 Å². The molecule has 7 aromatic rings. The Balaban J connectivity index is 1.20. The number of rotatable bonds is 9. The molecule has 0 saturated heterocycles. The van der Waals surface area contributed by atoms with Crippen molar-refractivity contribution in [3.8, 4) is 39.9 Å². The van der Waals surface area contributed by atoms with Crippen molar-refractivity contribution in [1.29, 1.82) is 0 Å². The molecule has 230 valence electrons. The maximum atomic E-state index is 6.47. The third-order valence-corrected chi connectivity index (χ3v) is 8.86. The van der Waals surface area contributed by atoms with Gasteiger partial charge >= 0.3 is 0 Å². The third kappa shape index (κ3) is 5.40. The standard InChI is InChI=1S/C40H38N4O2/c1-6-10-26(2)29-19-27(3)40(28(4)20-29)30-24-42-43(25-30)31-11-9-12-33(21-31)46-34-15-16-36-35-13-7-8-14-37(35)44(38(36)22-34)39-23-32(45-5)17-18-41-39/h7-9,11-26H,6,10H2,1-5H3. The minimum absolute atomic E-state index is 0.560. The summed E-state index contributed by atoms with van der Waals surface area (Å²) in [6, 6.07) is 31.1. The van der Waals surface area contributed by atoms with E-state index in [0.29, 0.717) is 5.92 Å². The molecular formula is C40H38N4O2. The number of aromatic nitrogens is 4. The molecule has 0 aliphatic carbocycles. The van der Waals surface area contributed by atoms with E-state index in [4.69, 9.17) is 14.6 Å². The minimum atomic E-state index is 0.560. The molecule has 6 heteroatoms. The van der Waals surface area contributed by atoms with E-state index >= 15 is 0 Å². The lowest BCUT2D eigenvalue weighted by atomic mass is 9.89. The molecule has 6 nitrogen and oxygen atoms in total. The lowest BCUT2D eigenvalue weighted by Gasteiger charge is -2.16. The summed E-state index contributed by atoms with van der Waals surface area (Å²) >= 11 is 0. The van der Waals surface area contributed by atoms with Crippen molar-refractivity contribution in [3.05, 3.63) is 126 Å². The molecule has 0 radical (unpaired) electrons. The van der Waals surface area contributed by atoms with Gasteiger partial charge in [0.15, 0.2) is 0 Å². The zero-order chi connectivity index (χ0) is 31.8. The molecule has 46 heavy (non-hydrogen) atoms. The molecule has 1 atom stereocenters. The van der Waals surface area contributed by atoms with Gasteiger partial charge in [-0.3, -0.25) is 4.57 Å². The Labute approximate surface area is 269 Å². The molecule has 0 N–H and O–H groups in total. The lowest BCUT2D eigenvalue weighted by Crippen LogP contribution is -1.98. The van der Waals surface area contributed by atoms with Crippen LogP contribution in [0.4, 0.5) is 0 Å². The summed E-state index contributed by atoms with van der Waals surface area (Å²) in [5.74, 6) is 3.57. The first-order valence-corrected chi connectivity index (χ1v) is 15.9. The monoisotopic (exact) mass is 606 g/mol. The fourth-order valence-electron chi connectivity index (χ4n) is 6.66. The molecule has 0 bridgehead atoms. The summed E-state index contributed by atoms with van der Waals surface area (Å²) in [6.07, 6.45) is 8.22. The molecular weight excluding hydrogens is 568 g/mol. The van der Waals surface area contributed by atoms with Gasteiger partial charge in [0.1, 0.15) is 23.1 Å². The topological polar surface area (TPSA) is 54.1 Å². The highest BCUT2D eigenvalue weighted by Crippen LogP contribution is 2.36. The van der Waals surface area contributed by atoms with E-state index in [1.54, 1.807) is 13.3 Å². The zero-order valence-corrected chi connectivity index (χ0v) is 27.0. The van der Waals surface area contributed by atoms with Crippen LogP contribution in [0.5, 0.6) is 17.2 Å². The van der Waals surface area contributed by atoms with Crippen LogP contribution in [0.2, 0.25) is 0 Å². The van der Waals surface area contributed by atoms with Crippen molar-refractivity contribution >= 4 is 21.8 Å². The second-order valence-corrected chi connectivity index (χ2v) is 12.1. The summed E-state index contributed by atoms with van der Waals surface area (Å²) in [5.41, 5.74) is 9.36. The SMILES string of the molecule is CCCC(C)c1cc(C)c(-c2cnn(-c3cccc(Oc4ccc5c6ccccc6n(-c6cc(OC)ccn6)c5c4)c3)c2)c(C)c1. The number of hydrogen-bond acceptors (Lipinski definition) is 4. The average molecular weight is 607 g/mol. The number of nitrogens with zero attached hydrogens (tertiary/aromatic N) is 4. The van der Waals surface area contributed by atoms with Crippen molar-refractivity contribution in [1.82, 2.24) is 19.3 Å². The van der Waals surface area contributed by atoms with Gasteiger partial charge in [-0.2, -0.15) is 5.10 Å². The van der Waals surface area contributed by atoms with Crippen LogP contribution >= 0.6 is 0 Å². The number of hydrogen-bond donors (Lipinski definition) is 0. The van der Waals surface area contributed by atoms with Crippen LogP contribution < -0.4 is 9.47 Å². The largest absolute Gasteiger partial charge is 0.497 e. The molecule has 3 heterocycles. The second kappa shape index (κ2) is 12.2. The van der Waals surface area contributed by atoms with Gasteiger partial charge in [0.05, 0.1) is 30.0 Å². The van der Waals surface area contributed by atoms with E-state index in [1.165, 1.54) is 35.1 Å². The van der Waals surface area contributed by atoms with E-state index in [2.05, 4.69) is 92.0 Å². The van der Waals surface area contributed by atoms with Gasteiger partial charge in [-0.05, 0) is 84.8 Å². The van der Waals surface area contributed by atoms with Gasteiger partial charge in [0.25, 0.3) is 0 Å². The number of para-hydroxylation sites is 1. The van der Waals surface area contributed by atoms with Crippen molar-refractivity contribution in [2.24, 2.45) is 0 Å². The summed E-state index contributed by atoms with van der Waals surface area (Å²) in [6.45, 7) is 8.98. The summed E-state index contributed by atoms with van der Waals surface area (Å²) < 4.78 is 16.0. The summed E-state index contributed by atoms with van der Waals surface area (Å²) in [4.78, 5) is 4.68. The van der Waals surface area contributed by atoms with Crippen molar-refractivity contribution < 1.29 is 9.47 Å². The smallest absolute Gasteiger partial charge is 0.141 e. The molecule has 3 aromatic heterocycles. The number of aryl methyl sites for hydroxylation is 2. The van der Waals surface area contributed by atoms with Gasteiger partial charge in [-0.1, -0.05) is 56.7 Å². The first-order chi connectivity index (χ1) is 22.4. The fraction of sp³-hybridized carbons (Fsp3) is 0.200.